The molecule has 3 heterocycles. The van der Waals surface area contributed by atoms with Gasteiger partial charge < -0.3 is 14.1 Å². The molecule has 0 radical (unpaired) electrons. The molecular formula is C22H22N4O3. The van der Waals surface area contributed by atoms with Gasteiger partial charge in [-0.3, -0.25) is 9.69 Å². The number of ether oxygens (including phenoxy) is 1. The fraction of sp³-hybridized carbons (Fsp3) is 0.318. The standard InChI is InChI=1S/C22H22N4O3/c27-22-16-7-1-2-8-17(16)23-20(25-22)13-26(12-15-6-5-11-28-15)14-21-24-18-9-3-4-10-19(18)29-21/h1-4,7-10,15H,5-6,11-14H2,(H,23,25,27)/t15-/m0/s1. The fourth-order valence-electron chi connectivity index (χ4n) is 3.86. The summed E-state index contributed by atoms with van der Waals surface area (Å²) in [6, 6.07) is 15.1. The van der Waals surface area contributed by atoms with Crippen LogP contribution in [0.4, 0.5) is 0 Å². The lowest BCUT2D eigenvalue weighted by Crippen LogP contribution is -2.32. The van der Waals surface area contributed by atoms with Crippen LogP contribution in [0.25, 0.3) is 22.0 Å². The van der Waals surface area contributed by atoms with Crippen LogP contribution >= 0.6 is 0 Å². The van der Waals surface area contributed by atoms with Crippen LogP contribution in [-0.4, -0.2) is 39.1 Å². The summed E-state index contributed by atoms with van der Waals surface area (Å²) in [5, 5.41) is 0.598. The molecule has 1 aliphatic rings. The first kappa shape index (κ1) is 18.0. The summed E-state index contributed by atoms with van der Waals surface area (Å²) in [6.07, 6.45) is 2.28. The Bertz CT molecular complexity index is 1160. The smallest absolute Gasteiger partial charge is 0.258 e. The number of fused-ring (bicyclic) bond motifs is 2. The van der Waals surface area contributed by atoms with Gasteiger partial charge in [0.2, 0.25) is 5.89 Å². The number of benzene rings is 2. The van der Waals surface area contributed by atoms with Crippen molar-refractivity contribution in [3.63, 3.8) is 0 Å². The van der Waals surface area contributed by atoms with Gasteiger partial charge in [0.05, 0.1) is 30.1 Å². The number of hydrogen-bond donors (Lipinski definition) is 1. The molecule has 1 atom stereocenters. The predicted octanol–water partition coefficient (Wildman–Crippen LogP) is 3.25. The van der Waals surface area contributed by atoms with Crippen molar-refractivity contribution in [3.8, 4) is 0 Å². The van der Waals surface area contributed by atoms with Crippen molar-refractivity contribution in [2.24, 2.45) is 0 Å². The highest BCUT2D eigenvalue weighted by Crippen LogP contribution is 2.19. The molecule has 0 bridgehead atoms. The predicted molar refractivity (Wildman–Crippen MR) is 109 cm³/mol. The number of para-hydroxylation sites is 3. The SMILES string of the molecule is O=c1[nH]c(CN(Cc2nc3ccccc3o2)C[C@@H]2CCCO2)nc2ccccc12. The molecular weight excluding hydrogens is 368 g/mol. The first-order valence-electron chi connectivity index (χ1n) is 9.91. The van der Waals surface area contributed by atoms with E-state index in [1.807, 2.05) is 42.5 Å². The lowest BCUT2D eigenvalue weighted by molar-refractivity contribution is 0.0641. The third-order valence-electron chi connectivity index (χ3n) is 5.22. The minimum Gasteiger partial charge on any atom is -0.439 e. The van der Waals surface area contributed by atoms with Gasteiger partial charge in [-0.1, -0.05) is 24.3 Å². The fourth-order valence-corrected chi connectivity index (χ4v) is 3.86. The lowest BCUT2D eigenvalue weighted by Gasteiger charge is -2.23. The molecule has 0 aliphatic carbocycles. The first-order chi connectivity index (χ1) is 14.2. The van der Waals surface area contributed by atoms with E-state index in [4.69, 9.17) is 9.15 Å². The van der Waals surface area contributed by atoms with E-state index in [1.165, 1.54) is 0 Å². The van der Waals surface area contributed by atoms with E-state index < -0.39 is 0 Å². The maximum atomic E-state index is 12.4. The Balaban J connectivity index is 1.42. The second kappa shape index (κ2) is 7.77. The Morgan fingerprint density at radius 3 is 2.69 bits per heavy atom. The zero-order chi connectivity index (χ0) is 19.6. The number of hydrogen-bond acceptors (Lipinski definition) is 6. The summed E-state index contributed by atoms with van der Waals surface area (Å²) in [5.41, 5.74) is 2.20. The minimum atomic E-state index is -0.121. The van der Waals surface area contributed by atoms with E-state index in [1.54, 1.807) is 6.07 Å². The third-order valence-corrected chi connectivity index (χ3v) is 5.22. The van der Waals surface area contributed by atoms with Crippen molar-refractivity contribution < 1.29 is 9.15 Å². The quantitative estimate of drug-likeness (QED) is 0.544. The zero-order valence-electron chi connectivity index (χ0n) is 16.0. The Hall–Kier alpha value is -3.03. The number of oxazole rings is 1. The largest absolute Gasteiger partial charge is 0.439 e. The molecule has 4 aromatic rings. The summed E-state index contributed by atoms with van der Waals surface area (Å²) in [6.45, 7) is 2.53. The minimum absolute atomic E-state index is 0.121. The summed E-state index contributed by atoms with van der Waals surface area (Å²) in [4.78, 5) is 26.8. The average molecular weight is 390 g/mol. The molecule has 7 nitrogen and oxygen atoms in total. The Kier molecular flexibility index (Phi) is 4.83. The van der Waals surface area contributed by atoms with E-state index in [0.717, 1.165) is 37.1 Å². The van der Waals surface area contributed by atoms with Gasteiger partial charge in [0.25, 0.3) is 5.56 Å². The summed E-state index contributed by atoms with van der Waals surface area (Å²) < 4.78 is 11.7. The van der Waals surface area contributed by atoms with Crippen molar-refractivity contribution >= 4 is 22.0 Å². The maximum Gasteiger partial charge on any atom is 0.258 e. The second-order valence-corrected chi connectivity index (χ2v) is 7.41. The average Bonchev–Trinajstić information content (AvgIpc) is 3.37. The lowest BCUT2D eigenvalue weighted by atomic mass is 10.2. The van der Waals surface area contributed by atoms with Crippen LogP contribution in [0.5, 0.6) is 0 Å². The molecule has 0 spiro atoms. The monoisotopic (exact) mass is 390 g/mol. The van der Waals surface area contributed by atoms with Crippen LogP contribution in [-0.2, 0) is 17.8 Å². The van der Waals surface area contributed by atoms with Crippen LogP contribution in [0.3, 0.4) is 0 Å². The molecule has 0 amide bonds. The first-order valence-corrected chi connectivity index (χ1v) is 9.91. The number of nitrogens with one attached hydrogen (secondary N) is 1. The van der Waals surface area contributed by atoms with Crippen molar-refractivity contribution in [2.75, 3.05) is 13.2 Å². The molecule has 5 rings (SSSR count). The Morgan fingerprint density at radius 1 is 1.03 bits per heavy atom. The molecule has 0 saturated carbocycles. The van der Waals surface area contributed by atoms with Crippen molar-refractivity contribution in [1.29, 1.82) is 0 Å². The van der Waals surface area contributed by atoms with Gasteiger partial charge in [-0.25, -0.2) is 9.97 Å². The molecule has 2 aromatic heterocycles. The zero-order valence-corrected chi connectivity index (χ0v) is 16.0. The van der Waals surface area contributed by atoms with Crippen molar-refractivity contribution in [1.82, 2.24) is 19.9 Å². The molecule has 7 heteroatoms. The maximum absolute atomic E-state index is 12.4. The van der Waals surface area contributed by atoms with E-state index in [0.29, 0.717) is 35.7 Å². The third kappa shape index (κ3) is 3.92. The highest BCUT2D eigenvalue weighted by atomic mass is 16.5. The normalized spacial score (nSPS) is 16.9. The second-order valence-electron chi connectivity index (χ2n) is 7.41. The van der Waals surface area contributed by atoms with Crippen molar-refractivity contribution in [2.45, 2.75) is 32.0 Å². The molecule has 29 heavy (non-hydrogen) atoms. The molecule has 1 saturated heterocycles. The van der Waals surface area contributed by atoms with Crippen LogP contribution < -0.4 is 5.56 Å². The number of nitrogens with zero attached hydrogens (tertiary/aromatic N) is 3. The van der Waals surface area contributed by atoms with Gasteiger partial charge >= 0.3 is 0 Å². The Labute approximate surface area is 167 Å². The van der Waals surface area contributed by atoms with Crippen LogP contribution in [0, 0.1) is 0 Å². The van der Waals surface area contributed by atoms with Gasteiger partial charge in [0.15, 0.2) is 5.58 Å². The van der Waals surface area contributed by atoms with Crippen LogP contribution in [0.15, 0.2) is 57.7 Å². The molecule has 148 valence electrons. The molecule has 1 aliphatic heterocycles. The van der Waals surface area contributed by atoms with Crippen LogP contribution in [0.1, 0.15) is 24.6 Å². The van der Waals surface area contributed by atoms with Gasteiger partial charge in [-0.05, 0) is 37.1 Å². The number of H-pyrrole nitrogens is 1. The Morgan fingerprint density at radius 2 is 1.86 bits per heavy atom. The summed E-state index contributed by atoms with van der Waals surface area (Å²) in [5.74, 6) is 1.27. The highest BCUT2D eigenvalue weighted by molar-refractivity contribution is 5.77. The van der Waals surface area contributed by atoms with Gasteiger partial charge in [0.1, 0.15) is 11.3 Å². The highest BCUT2D eigenvalue weighted by Gasteiger charge is 2.22. The molecule has 1 N–H and O–H groups in total. The van der Waals surface area contributed by atoms with E-state index in [-0.39, 0.29) is 11.7 Å². The van der Waals surface area contributed by atoms with Gasteiger partial charge in [-0.2, -0.15) is 0 Å². The summed E-state index contributed by atoms with van der Waals surface area (Å²) in [7, 11) is 0. The number of aromatic nitrogens is 3. The van der Waals surface area contributed by atoms with E-state index in [2.05, 4.69) is 19.9 Å². The number of rotatable bonds is 6. The van der Waals surface area contributed by atoms with Crippen molar-refractivity contribution in [3.05, 3.63) is 70.6 Å². The number of aromatic amines is 1. The van der Waals surface area contributed by atoms with E-state index >= 15 is 0 Å². The molecule has 1 fully saturated rings. The summed E-state index contributed by atoms with van der Waals surface area (Å²) >= 11 is 0. The molecule has 0 unspecified atom stereocenters. The van der Waals surface area contributed by atoms with Gasteiger partial charge in [0, 0.05) is 13.2 Å². The van der Waals surface area contributed by atoms with E-state index in [9.17, 15) is 4.79 Å². The molecule has 2 aromatic carbocycles. The van der Waals surface area contributed by atoms with Crippen LogP contribution in [0.2, 0.25) is 0 Å². The topological polar surface area (TPSA) is 84.2 Å². The van der Waals surface area contributed by atoms with Gasteiger partial charge in [-0.15, -0.1) is 0 Å².